The van der Waals surface area contributed by atoms with Crippen LogP contribution < -0.4 is 0 Å². The average molecular weight is 285 g/mol. The van der Waals surface area contributed by atoms with Crippen molar-refractivity contribution in [2.24, 2.45) is 4.40 Å². The highest BCUT2D eigenvalue weighted by Gasteiger charge is 2.12. The molecular formula is C12H13ClN2O2S. The van der Waals surface area contributed by atoms with Gasteiger partial charge in [0, 0.05) is 17.8 Å². The Hall–Kier alpha value is -1.33. The minimum atomic E-state index is -3.64. The van der Waals surface area contributed by atoms with Crippen LogP contribution in [0.4, 0.5) is 0 Å². The van der Waals surface area contributed by atoms with Crippen LogP contribution in [0.2, 0.25) is 5.02 Å². The van der Waals surface area contributed by atoms with Crippen LogP contribution in [-0.4, -0.2) is 26.2 Å². The second-order valence-electron chi connectivity index (χ2n) is 3.91. The molecule has 1 aromatic carbocycles. The van der Waals surface area contributed by atoms with Gasteiger partial charge >= 0.3 is 0 Å². The molecule has 0 aromatic heterocycles. The molecule has 2 rings (SSSR count). The first-order valence-electron chi connectivity index (χ1n) is 5.56. The number of benzene rings is 1. The summed E-state index contributed by atoms with van der Waals surface area (Å²) < 4.78 is 27.4. The summed E-state index contributed by atoms with van der Waals surface area (Å²) in [5, 5.41) is 0.497. The molecule has 0 saturated heterocycles. The van der Waals surface area contributed by atoms with Crippen LogP contribution in [-0.2, 0) is 10.0 Å². The van der Waals surface area contributed by atoms with Gasteiger partial charge in [-0.25, -0.2) is 0 Å². The molecule has 0 radical (unpaired) electrons. The summed E-state index contributed by atoms with van der Waals surface area (Å²) in [6, 6.07) is 5.96. The van der Waals surface area contributed by atoms with Crippen molar-refractivity contribution in [3.8, 4) is 0 Å². The molecule has 0 saturated carbocycles. The maximum Gasteiger partial charge on any atom is 0.283 e. The highest BCUT2D eigenvalue weighted by Crippen LogP contribution is 2.16. The third-order valence-electron chi connectivity index (χ3n) is 2.53. The van der Waals surface area contributed by atoms with Crippen LogP contribution >= 0.6 is 11.6 Å². The molecule has 0 bridgehead atoms. The molecule has 4 nitrogen and oxygen atoms in total. The molecule has 96 valence electrons. The average Bonchev–Trinajstić information content (AvgIpc) is 2.38. The van der Waals surface area contributed by atoms with Crippen molar-refractivity contribution in [1.29, 1.82) is 0 Å². The number of allylic oxidation sites excluding steroid dienone is 1. The van der Waals surface area contributed by atoms with E-state index in [2.05, 4.69) is 4.40 Å². The van der Waals surface area contributed by atoms with Crippen LogP contribution in [0.15, 0.2) is 45.8 Å². The van der Waals surface area contributed by atoms with Crippen molar-refractivity contribution in [1.82, 2.24) is 4.90 Å². The van der Waals surface area contributed by atoms with Gasteiger partial charge in [0.1, 0.15) is 6.34 Å². The Kier molecular flexibility index (Phi) is 4.04. The van der Waals surface area contributed by atoms with E-state index in [0.717, 1.165) is 19.4 Å². The van der Waals surface area contributed by atoms with E-state index in [1.807, 2.05) is 12.3 Å². The topological polar surface area (TPSA) is 49.7 Å². The normalized spacial score (nSPS) is 16.4. The van der Waals surface area contributed by atoms with Gasteiger partial charge in [-0.05, 0) is 37.1 Å². The molecule has 18 heavy (non-hydrogen) atoms. The third-order valence-corrected chi connectivity index (χ3v) is 4.02. The Balaban J connectivity index is 2.16. The lowest BCUT2D eigenvalue weighted by Gasteiger charge is -2.17. The molecule has 6 heteroatoms. The lowest BCUT2D eigenvalue weighted by Crippen LogP contribution is -2.19. The molecule has 0 atom stereocenters. The largest absolute Gasteiger partial charge is 0.339 e. The first-order valence-corrected chi connectivity index (χ1v) is 7.38. The summed E-state index contributed by atoms with van der Waals surface area (Å²) in [4.78, 5) is 1.90. The fraction of sp³-hybridized carbons (Fsp3) is 0.250. The van der Waals surface area contributed by atoms with E-state index in [-0.39, 0.29) is 4.90 Å². The molecule has 0 N–H and O–H groups in total. The van der Waals surface area contributed by atoms with Gasteiger partial charge in [-0.15, -0.1) is 4.40 Å². The number of hydrogen-bond donors (Lipinski definition) is 0. The zero-order valence-corrected chi connectivity index (χ0v) is 11.2. The van der Waals surface area contributed by atoms with Crippen molar-refractivity contribution in [2.75, 3.05) is 6.54 Å². The van der Waals surface area contributed by atoms with Gasteiger partial charge in [0.05, 0.1) is 4.90 Å². The lowest BCUT2D eigenvalue weighted by molar-refractivity contribution is 0.522. The Morgan fingerprint density at radius 1 is 1.28 bits per heavy atom. The Labute approximate surface area is 112 Å². The summed E-state index contributed by atoms with van der Waals surface area (Å²) >= 11 is 5.71. The maximum atomic E-state index is 11.9. The van der Waals surface area contributed by atoms with Crippen LogP contribution in [0.5, 0.6) is 0 Å². The first-order chi connectivity index (χ1) is 8.58. The molecule has 0 fully saturated rings. The van der Waals surface area contributed by atoms with E-state index in [9.17, 15) is 8.42 Å². The van der Waals surface area contributed by atoms with Crippen LogP contribution in [0.25, 0.3) is 0 Å². The third kappa shape index (κ3) is 3.34. The Bertz CT molecular complexity index is 564. The Morgan fingerprint density at radius 3 is 2.61 bits per heavy atom. The monoisotopic (exact) mass is 284 g/mol. The van der Waals surface area contributed by atoms with Gasteiger partial charge in [-0.3, -0.25) is 0 Å². The molecule has 1 aliphatic rings. The highest BCUT2D eigenvalue weighted by molar-refractivity contribution is 7.90. The van der Waals surface area contributed by atoms with E-state index in [1.54, 1.807) is 4.90 Å². The number of nitrogens with zero attached hydrogens (tertiary/aromatic N) is 2. The van der Waals surface area contributed by atoms with Crippen LogP contribution in [0, 0.1) is 0 Å². The smallest absolute Gasteiger partial charge is 0.283 e. The molecule has 0 spiro atoms. The molecule has 0 unspecified atom stereocenters. The summed E-state index contributed by atoms with van der Waals surface area (Å²) in [5.74, 6) is 0. The molecule has 0 aliphatic carbocycles. The van der Waals surface area contributed by atoms with Gasteiger partial charge in [0.2, 0.25) is 0 Å². The van der Waals surface area contributed by atoms with Crippen molar-refractivity contribution in [2.45, 2.75) is 17.7 Å². The van der Waals surface area contributed by atoms with E-state index in [1.165, 1.54) is 30.6 Å². The van der Waals surface area contributed by atoms with Crippen molar-refractivity contribution in [3.63, 3.8) is 0 Å². The highest BCUT2D eigenvalue weighted by atomic mass is 35.5. The van der Waals surface area contributed by atoms with Gasteiger partial charge in [0.25, 0.3) is 10.0 Å². The van der Waals surface area contributed by atoms with Crippen LogP contribution in [0.1, 0.15) is 12.8 Å². The lowest BCUT2D eigenvalue weighted by atomic mass is 10.2. The number of hydrogen-bond acceptors (Lipinski definition) is 2. The molecule has 1 heterocycles. The first kappa shape index (κ1) is 13.1. The fourth-order valence-electron chi connectivity index (χ4n) is 1.56. The number of sulfonamides is 1. The van der Waals surface area contributed by atoms with Crippen LogP contribution in [0.3, 0.4) is 0 Å². The summed E-state index contributed by atoms with van der Waals surface area (Å²) in [7, 11) is -3.64. The van der Waals surface area contributed by atoms with E-state index in [0.29, 0.717) is 5.02 Å². The van der Waals surface area contributed by atoms with Gasteiger partial charge in [-0.2, -0.15) is 8.42 Å². The van der Waals surface area contributed by atoms with Gasteiger partial charge in [-0.1, -0.05) is 17.7 Å². The molecule has 1 aromatic rings. The molecular weight excluding hydrogens is 272 g/mol. The van der Waals surface area contributed by atoms with Crippen molar-refractivity contribution < 1.29 is 8.42 Å². The Morgan fingerprint density at radius 2 is 2.00 bits per heavy atom. The molecule has 1 aliphatic heterocycles. The second kappa shape index (κ2) is 5.54. The summed E-state index contributed by atoms with van der Waals surface area (Å²) in [6.45, 7) is 0.788. The minimum absolute atomic E-state index is 0.143. The zero-order valence-electron chi connectivity index (χ0n) is 9.66. The molecule has 0 amide bonds. The van der Waals surface area contributed by atoms with Gasteiger partial charge < -0.3 is 4.90 Å². The SMILES string of the molecule is O=S(=O)(/N=C/N1C=CCCC1)c1ccc(Cl)cc1. The van der Waals surface area contributed by atoms with E-state index < -0.39 is 10.0 Å². The second-order valence-corrected chi connectivity index (χ2v) is 5.98. The van der Waals surface area contributed by atoms with Crippen molar-refractivity contribution >= 4 is 28.0 Å². The van der Waals surface area contributed by atoms with E-state index >= 15 is 0 Å². The van der Waals surface area contributed by atoms with Crippen molar-refractivity contribution in [3.05, 3.63) is 41.6 Å². The summed E-state index contributed by atoms with van der Waals surface area (Å²) in [5.41, 5.74) is 0. The fourth-order valence-corrected chi connectivity index (χ4v) is 2.54. The quantitative estimate of drug-likeness (QED) is 0.633. The predicted octanol–water partition coefficient (Wildman–Crippen LogP) is 2.67. The number of rotatable bonds is 3. The summed E-state index contributed by atoms with van der Waals surface area (Å²) in [6.07, 6.45) is 7.20. The zero-order chi connectivity index (χ0) is 13.0. The predicted molar refractivity (Wildman–Crippen MR) is 72.2 cm³/mol. The minimum Gasteiger partial charge on any atom is -0.339 e. The van der Waals surface area contributed by atoms with Gasteiger partial charge in [0.15, 0.2) is 0 Å². The van der Waals surface area contributed by atoms with E-state index in [4.69, 9.17) is 11.6 Å². The standard InChI is InChI=1S/C12H13ClN2O2S/c13-11-4-6-12(7-5-11)18(16,17)14-10-15-8-2-1-3-9-15/h2,4-8,10H,1,3,9H2/b14-10+. The maximum absolute atomic E-state index is 11.9. The number of halogens is 1.